The Balaban J connectivity index is 1.91. The maximum atomic E-state index is 11.7. The Labute approximate surface area is 108 Å². The number of anilines is 1. The van der Waals surface area contributed by atoms with Crippen molar-refractivity contribution in [2.45, 2.75) is 11.7 Å². The molecule has 1 fully saturated rings. The van der Waals surface area contributed by atoms with Crippen LogP contribution in [0.15, 0.2) is 35.4 Å². The Morgan fingerprint density at radius 1 is 1.44 bits per heavy atom. The Morgan fingerprint density at radius 3 is 2.78 bits per heavy atom. The summed E-state index contributed by atoms with van der Waals surface area (Å²) >= 11 is 1.16. The zero-order valence-corrected chi connectivity index (χ0v) is 10.2. The third-order valence-electron chi connectivity index (χ3n) is 2.32. The molecule has 0 radical (unpaired) electrons. The Hall–Kier alpha value is -2.02. The molecular formula is C11H12N4O2S. The summed E-state index contributed by atoms with van der Waals surface area (Å²) in [6.45, 7) is 0. The smallest absolute Gasteiger partial charge is 0.240 e. The Kier molecular flexibility index (Phi) is 3.83. The van der Waals surface area contributed by atoms with E-state index in [9.17, 15) is 9.59 Å². The summed E-state index contributed by atoms with van der Waals surface area (Å²) < 4.78 is 0. The molecule has 1 atom stereocenters. The van der Waals surface area contributed by atoms with Crippen molar-refractivity contribution < 1.29 is 9.59 Å². The largest absolute Gasteiger partial charge is 0.326 e. The minimum absolute atomic E-state index is 0.0877. The molecule has 0 spiro atoms. The summed E-state index contributed by atoms with van der Waals surface area (Å²) in [7, 11) is 0. The van der Waals surface area contributed by atoms with Gasteiger partial charge in [-0.3, -0.25) is 9.59 Å². The summed E-state index contributed by atoms with van der Waals surface area (Å²) in [6.07, 6.45) is 0.0877. The van der Waals surface area contributed by atoms with E-state index in [0.29, 0.717) is 10.9 Å². The first-order chi connectivity index (χ1) is 8.69. The number of hydrogen-bond acceptors (Lipinski definition) is 5. The fraction of sp³-hybridized carbons (Fsp3) is 0.182. The van der Waals surface area contributed by atoms with E-state index in [0.717, 1.165) is 11.8 Å². The number of nitrogens with zero attached hydrogens (tertiary/aromatic N) is 1. The van der Waals surface area contributed by atoms with Crippen LogP contribution >= 0.6 is 11.8 Å². The number of hydrogen-bond donors (Lipinski definition) is 3. The molecule has 1 heterocycles. The lowest BCUT2D eigenvalue weighted by Crippen LogP contribution is -2.28. The number of nitrogens with one attached hydrogen (secondary N) is 2. The molecule has 2 rings (SSSR count). The van der Waals surface area contributed by atoms with E-state index in [-0.39, 0.29) is 18.2 Å². The SMILES string of the molecule is N/N=C1\NC(=O)C(CC(=O)Nc2ccccc2)S1. The van der Waals surface area contributed by atoms with Crippen molar-refractivity contribution in [1.29, 1.82) is 0 Å². The van der Waals surface area contributed by atoms with Crippen LogP contribution in [0.3, 0.4) is 0 Å². The molecule has 0 aromatic heterocycles. The Morgan fingerprint density at radius 2 is 2.17 bits per heavy atom. The van der Waals surface area contributed by atoms with E-state index in [1.54, 1.807) is 12.1 Å². The molecule has 0 bridgehead atoms. The lowest BCUT2D eigenvalue weighted by Gasteiger charge is -2.06. The molecule has 7 heteroatoms. The van der Waals surface area contributed by atoms with Gasteiger partial charge in [0.1, 0.15) is 5.25 Å². The number of amidine groups is 1. The summed E-state index contributed by atoms with van der Waals surface area (Å²) in [5.41, 5.74) is 0.707. The first-order valence-corrected chi connectivity index (χ1v) is 6.17. The van der Waals surface area contributed by atoms with Crippen molar-refractivity contribution in [2.75, 3.05) is 5.32 Å². The minimum atomic E-state index is -0.476. The second-order valence-electron chi connectivity index (χ2n) is 3.65. The van der Waals surface area contributed by atoms with Gasteiger partial charge < -0.3 is 16.5 Å². The van der Waals surface area contributed by atoms with Gasteiger partial charge >= 0.3 is 0 Å². The van der Waals surface area contributed by atoms with Crippen LogP contribution in [0.4, 0.5) is 5.69 Å². The van der Waals surface area contributed by atoms with E-state index >= 15 is 0 Å². The number of carbonyl (C=O) groups excluding carboxylic acids is 2. The fourth-order valence-electron chi connectivity index (χ4n) is 1.50. The molecule has 6 nitrogen and oxygen atoms in total. The highest BCUT2D eigenvalue weighted by atomic mass is 32.2. The maximum Gasteiger partial charge on any atom is 0.240 e. The van der Waals surface area contributed by atoms with Gasteiger partial charge in [0.15, 0.2) is 5.17 Å². The molecule has 0 aliphatic carbocycles. The third kappa shape index (κ3) is 3.01. The van der Waals surface area contributed by atoms with E-state index in [1.165, 1.54) is 0 Å². The van der Waals surface area contributed by atoms with Crippen LogP contribution in [0.1, 0.15) is 6.42 Å². The van der Waals surface area contributed by atoms with Gasteiger partial charge in [-0.1, -0.05) is 30.0 Å². The summed E-state index contributed by atoms with van der Waals surface area (Å²) in [5.74, 6) is 4.61. The fourth-order valence-corrected chi connectivity index (χ4v) is 2.39. The highest BCUT2D eigenvalue weighted by Crippen LogP contribution is 2.22. The molecule has 1 unspecified atom stereocenters. The molecule has 1 aliphatic heterocycles. The van der Waals surface area contributed by atoms with Crippen molar-refractivity contribution in [3.8, 4) is 0 Å². The summed E-state index contributed by atoms with van der Waals surface area (Å²) in [5, 5.41) is 8.48. The number of rotatable bonds is 3. The zero-order valence-electron chi connectivity index (χ0n) is 9.42. The van der Waals surface area contributed by atoms with Gasteiger partial charge in [0.2, 0.25) is 11.8 Å². The number of amides is 2. The lowest BCUT2D eigenvalue weighted by molar-refractivity contribution is -0.122. The van der Waals surface area contributed by atoms with Gasteiger partial charge in [-0.25, -0.2) is 0 Å². The molecule has 2 amide bonds. The molecule has 1 aliphatic rings. The molecule has 1 saturated heterocycles. The zero-order chi connectivity index (χ0) is 13.0. The predicted octanol–water partition coefficient (Wildman–Crippen LogP) is 0.477. The second-order valence-corrected chi connectivity index (χ2v) is 4.84. The van der Waals surface area contributed by atoms with Crippen LogP contribution in [0.5, 0.6) is 0 Å². The highest BCUT2D eigenvalue weighted by molar-refractivity contribution is 8.15. The van der Waals surface area contributed by atoms with E-state index in [1.807, 2.05) is 18.2 Å². The van der Waals surface area contributed by atoms with Crippen molar-refractivity contribution in [1.82, 2.24) is 5.32 Å². The highest BCUT2D eigenvalue weighted by Gasteiger charge is 2.31. The molecule has 18 heavy (non-hydrogen) atoms. The molecular weight excluding hydrogens is 252 g/mol. The number of carbonyl (C=O) groups is 2. The van der Waals surface area contributed by atoms with E-state index < -0.39 is 5.25 Å². The van der Waals surface area contributed by atoms with Crippen molar-refractivity contribution in [2.24, 2.45) is 10.9 Å². The number of para-hydroxylation sites is 1. The van der Waals surface area contributed by atoms with Crippen molar-refractivity contribution >= 4 is 34.4 Å². The molecule has 1 aromatic carbocycles. The monoisotopic (exact) mass is 264 g/mol. The molecule has 94 valence electrons. The number of nitrogens with two attached hydrogens (primary N) is 1. The van der Waals surface area contributed by atoms with Gasteiger partial charge in [-0.15, -0.1) is 0 Å². The van der Waals surface area contributed by atoms with Crippen molar-refractivity contribution in [3.63, 3.8) is 0 Å². The minimum Gasteiger partial charge on any atom is -0.326 e. The maximum absolute atomic E-state index is 11.7. The summed E-state index contributed by atoms with van der Waals surface area (Å²) in [4.78, 5) is 23.2. The predicted molar refractivity (Wildman–Crippen MR) is 70.8 cm³/mol. The number of benzene rings is 1. The molecule has 1 aromatic rings. The van der Waals surface area contributed by atoms with Gasteiger partial charge in [0.25, 0.3) is 0 Å². The third-order valence-corrected chi connectivity index (χ3v) is 3.42. The normalized spacial score (nSPS) is 20.8. The Bertz CT molecular complexity index is 489. The van der Waals surface area contributed by atoms with Crippen LogP contribution < -0.4 is 16.5 Å². The van der Waals surface area contributed by atoms with Crippen LogP contribution in [0, 0.1) is 0 Å². The number of thioether (sulfide) groups is 1. The molecule has 4 N–H and O–H groups in total. The first kappa shape index (κ1) is 12.4. The van der Waals surface area contributed by atoms with Crippen LogP contribution in [0.25, 0.3) is 0 Å². The average molecular weight is 264 g/mol. The second kappa shape index (κ2) is 5.54. The van der Waals surface area contributed by atoms with Gasteiger partial charge in [0, 0.05) is 12.1 Å². The topological polar surface area (TPSA) is 96.6 Å². The van der Waals surface area contributed by atoms with Gasteiger partial charge in [-0.05, 0) is 12.1 Å². The summed E-state index contributed by atoms with van der Waals surface area (Å²) in [6, 6.07) is 9.08. The van der Waals surface area contributed by atoms with Crippen LogP contribution in [-0.4, -0.2) is 22.2 Å². The van der Waals surface area contributed by atoms with Crippen LogP contribution in [0.2, 0.25) is 0 Å². The van der Waals surface area contributed by atoms with Gasteiger partial charge in [-0.2, -0.15) is 5.10 Å². The van der Waals surface area contributed by atoms with E-state index in [2.05, 4.69) is 15.7 Å². The molecule has 0 saturated carbocycles. The quantitative estimate of drug-likeness (QED) is 0.546. The number of hydrazone groups is 1. The van der Waals surface area contributed by atoms with E-state index in [4.69, 9.17) is 5.84 Å². The first-order valence-electron chi connectivity index (χ1n) is 5.29. The van der Waals surface area contributed by atoms with Crippen molar-refractivity contribution in [3.05, 3.63) is 30.3 Å². The average Bonchev–Trinajstić information content (AvgIpc) is 2.71. The standard InChI is InChI=1S/C11H12N4O2S/c12-15-11-14-10(17)8(18-11)6-9(16)13-7-4-2-1-3-5-7/h1-5,8H,6,12H2,(H,13,16)(H,14,15,17). The van der Waals surface area contributed by atoms with Crippen LogP contribution in [-0.2, 0) is 9.59 Å². The lowest BCUT2D eigenvalue weighted by atomic mass is 10.2. The van der Waals surface area contributed by atoms with Gasteiger partial charge in [0.05, 0.1) is 0 Å².